The van der Waals surface area contributed by atoms with Crippen LogP contribution in [0.4, 0.5) is 30.2 Å². The lowest BCUT2D eigenvalue weighted by molar-refractivity contribution is -0.139. The number of aromatic nitrogens is 3. The van der Waals surface area contributed by atoms with Gasteiger partial charge in [0.05, 0.1) is 71.0 Å². The number of Topliss-reactive ketones (excluding diaryl/α,β-unsaturated/α-hetero) is 3. The first-order chi connectivity index (χ1) is 57.6. The van der Waals surface area contributed by atoms with E-state index in [1.165, 1.54) is 50.2 Å². The maximum Gasteiger partial charge on any atom is 0.305 e. The average Bonchev–Trinajstić information content (AvgIpc) is 1.60. The van der Waals surface area contributed by atoms with Crippen molar-refractivity contribution < 1.29 is 72.3 Å². The Morgan fingerprint density at radius 2 is 0.592 bits per heavy atom. The molecule has 21 heteroatoms. The van der Waals surface area contributed by atoms with Gasteiger partial charge in [0.1, 0.15) is 34.8 Å². The van der Waals surface area contributed by atoms with Gasteiger partial charge in [-0.05, 0) is 200 Å². The Labute approximate surface area is 698 Å². The summed E-state index contributed by atoms with van der Waals surface area (Å²) in [5, 5.41) is 60.4. The molecule has 3 heterocycles. The SMILES string of the molecule is CC(=O)CC(=O)C[C@H](O)CCn1c(-c2ccc(F)cc2)c(-c2ccccc2)c(C(=O)Nc2ccccc2)c1C(C)C.CC(=O)C[C@H](O)C[C@H](O)CCn1c(-c2ccc(F)cc2)c(-c2ccccc2)c(C(=O)Nc2ccccc2)c1C(C)C.CC(C)c1c(C(=O)Nc2ccccc2)c(-c2ccccc2)c(-c2ccc(F)cc2)n1CC[C@@H](O)CC(=O)O. The highest BCUT2D eigenvalue weighted by atomic mass is 19.1. The number of hydrogen-bond acceptors (Lipinski definition) is 11. The zero-order valence-corrected chi connectivity index (χ0v) is 68.6. The molecule has 0 bridgehead atoms. The van der Waals surface area contributed by atoms with Crippen LogP contribution in [0.2, 0.25) is 0 Å². The fourth-order valence-corrected chi connectivity index (χ4v) is 15.3. The summed E-state index contributed by atoms with van der Waals surface area (Å²) in [7, 11) is 0. The first-order valence-corrected chi connectivity index (χ1v) is 40.3. The van der Waals surface area contributed by atoms with Gasteiger partial charge in [-0.15, -0.1) is 0 Å². The summed E-state index contributed by atoms with van der Waals surface area (Å²) in [6.45, 7) is 15.7. The fourth-order valence-electron chi connectivity index (χ4n) is 15.3. The number of hydrogen-bond donors (Lipinski definition) is 8. The number of anilines is 3. The number of carboxylic acid groups (broad SMARTS) is 1. The minimum Gasteiger partial charge on any atom is -0.481 e. The van der Waals surface area contributed by atoms with Gasteiger partial charge in [-0.3, -0.25) is 33.6 Å². The van der Waals surface area contributed by atoms with Crippen LogP contribution in [0, 0.1) is 17.5 Å². The van der Waals surface area contributed by atoms with Crippen molar-refractivity contribution in [1.29, 1.82) is 0 Å². The summed E-state index contributed by atoms with van der Waals surface area (Å²) in [4.78, 5) is 88.2. The summed E-state index contributed by atoms with van der Waals surface area (Å²) in [6.07, 6.45) is -3.81. The Hall–Kier alpha value is -12.7. The molecule has 9 aromatic carbocycles. The third kappa shape index (κ3) is 23.6. The van der Waals surface area contributed by atoms with Gasteiger partial charge in [-0.25, -0.2) is 13.2 Å². The van der Waals surface area contributed by atoms with Crippen molar-refractivity contribution in [2.45, 2.75) is 169 Å². The monoisotopic (exact) mass is 1620 g/mol. The van der Waals surface area contributed by atoms with E-state index in [0.29, 0.717) is 74.8 Å². The van der Waals surface area contributed by atoms with Crippen molar-refractivity contribution >= 4 is 58.1 Å². The van der Waals surface area contributed by atoms with Crippen LogP contribution in [0.3, 0.4) is 0 Å². The number of carboxylic acids is 1. The molecule has 0 aliphatic carbocycles. The highest BCUT2D eigenvalue weighted by Crippen LogP contribution is 2.47. The van der Waals surface area contributed by atoms with E-state index >= 15 is 0 Å². The fraction of sp³-hybridized carbons (Fsp3) is 0.263. The zero-order chi connectivity index (χ0) is 86.3. The number of para-hydroxylation sites is 3. The van der Waals surface area contributed by atoms with Crippen LogP contribution in [0.5, 0.6) is 0 Å². The maximum absolute atomic E-state index is 14.1. The second-order valence-corrected chi connectivity index (χ2v) is 30.8. The van der Waals surface area contributed by atoms with E-state index < -0.39 is 30.4 Å². The minimum atomic E-state index is -1.08. The quantitative estimate of drug-likeness (QED) is 0.0175. The van der Waals surface area contributed by atoms with E-state index in [2.05, 4.69) is 16.0 Å². The average molecular weight is 1630 g/mol. The van der Waals surface area contributed by atoms with Crippen LogP contribution < -0.4 is 16.0 Å². The van der Waals surface area contributed by atoms with Gasteiger partial charge < -0.3 is 55.2 Å². The Morgan fingerprint density at radius 3 is 0.850 bits per heavy atom. The van der Waals surface area contributed by atoms with E-state index in [9.17, 15) is 67.2 Å². The second kappa shape index (κ2) is 42.6. The number of carbonyl (C=O) groups excluding carboxylic acids is 6. The number of aliphatic hydroxyl groups excluding tert-OH is 4. The Balaban J connectivity index is 0.000000189. The Kier molecular flexibility index (Phi) is 31.9. The predicted molar refractivity (Wildman–Crippen MR) is 466 cm³/mol. The first kappa shape index (κ1) is 89.7. The molecule has 3 amide bonds. The second-order valence-electron chi connectivity index (χ2n) is 30.8. The molecule has 12 aromatic rings. The molecule has 120 heavy (non-hydrogen) atoms. The molecule has 0 aliphatic rings. The van der Waals surface area contributed by atoms with Crippen molar-refractivity contribution in [3.05, 3.63) is 306 Å². The third-order valence-corrected chi connectivity index (χ3v) is 20.3. The van der Waals surface area contributed by atoms with Crippen LogP contribution in [0.15, 0.2) is 255 Å². The van der Waals surface area contributed by atoms with Crippen LogP contribution in [-0.4, -0.2) is 105 Å². The molecule has 12 rings (SSSR count). The first-order valence-electron chi connectivity index (χ1n) is 40.3. The van der Waals surface area contributed by atoms with E-state index in [1.54, 1.807) is 36.4 Å². The van der Waals surface area contributed by atoms with Crippen LogP contribution >= 0.6 is 0 Å². The van der Waals surface area contributed by atoms with E-state index in [1.807, 2.05) is 237 Å². The van der Waals surface area contributed by atoms with E-state index in [-0.39, 0.29) is 128 Å². The van der Waals surface area contributed by atoms with Gasteiger partial charge in [0.2, 0.25) is 0 Å². The van der Waals surface area contributed by atoms with Crippen molar-refractivity contribution in [2.24, 2.45) is 0 Å². The largest absolute Gasteiger partial charge is 0.481 e. The zero-order valence-electron chi connectivity index (χ0n) is 68.6. The van der Waals surface area contributed by atoms with Gasteiger partial charge in [-0.1, -0.05) is 187 Å². The lowest BCUT2D eigenvalue weighted by Gasteiger charge is -2.20. The molecule has 0 saturated heterocycles. The number of aliphatic hydroxyl groups is 4. The van der Waals surface area contributed by atoms with Crippen molar-refractivity contribution in [2.75, 3.05) is 16.0 Å². The Bertz CT molecular complexity index is 5450. The Morgan fingerprint density at radius 1 is 0.325 bits per heavy atom. The third-order valence-electron chi connectivity index (χ3n) is 20.3. The number of amides is 3. The van der Waals surface area contributed by atoms with Crippen LogP contribution in [0.1, 0.15) is 173 Å². The smallest absolute Gasteiger partial charge is 0.305 e. The highest BCUT2D eigenvalue weighted by Gasteiger charge is 2.35. The molecule has 18 nitrogen and oxygen atoms in total. The lowest BCUT2D eigenvalue weighted by Crippen LogP contribution is -2.22. The number of ketones is 3. The van der Waals surface area contributed by atoms with Crippen molar-refractivity contribution in [3.63, 3.8) is 0 Å². The molecule has 0 fully saturated rings. The molecule has 0 spiro atoms. The molecular formula is C99H103F3N6O12. The summed E-state index contributed by atoms with van der Waals surface area (Å²) >= 11 is 0. The van der Waals surface area contributed by atoms with Crippen molar-refractivity contribution in [1.82, 2.24) is 13.7 Å². The topological polar surface area (TPSA) is 272 Å². The number of rotatable bonds is 34. The standard InChI is InChI=1S/C34H37FN2O4.C34H35FN2O4.C31H31FN2O4/c2*1-22(2)32-31(34(41)36-27-12-8-5-9-13-27)30(24-10-6-4-7-11-24)33(25-14-16-26(35)17-15-25)37(32)19-18-28(39)21-29(40)20-23(3)38;1-20(2)29-28(31(38)33-24-11-7-4-8-12-24)27(21-9-5-3-6-10-21)30(22-13-15-23(32)16-14-22)34(29)18-17-25(35)19-26(36)37/h4-17,22,28-29,39-40H,18-21H2,1-3H3,(H,36,41);4-17,22,28,39H,18-21H2,1-3H3,(H,36,41);3-16,20,25,35H,17-19H2,1-2H3,(H,33,38)(H,36,37)/t28-,29+;28-;25-/m111/s1. The molecule has 8 N–H and O–H groups in total. The minimum absolute atomic E-state index is 0.0133. The van der Waals surface area contributed by atoms with Gasteiger partial charge in [0.15, 0.2) is 0 Å². The summed E-state index contributed by atoms with van der Waals surface area (Å²) in [5.74, 6) is -4.00. The van der Waals surface area contributed by atoms with Gasteiger partial charge in [0.25, 0.3) is 17.7 Å². The summed E-state index contributed by atoms with van der Waals surface area (Å²) in [5.41, 5.74) is 14.7. The molecule has 3 aromatic heterocycles. The number of benzene rings is 9. The molecule has 622 valence electrons. The molecular weight excluding hydrogens is 1520 g/mol. The highest BCUT2D eigenvalue weighted by molar-refractivity contribution is 6.15. The molecule has 0 unspecified atom stereocenters. The number of halogens is 3. The van der Waals surface area contributed by atoms with Gasteiger partial charge >= 0.3 is 5.97 Å². The van der Waals surface area contributed by atoms with E-state index in [4.69, 9.17) is 5.11 Å². The number of carbonyl (C=O) groups is 7. The predicted octanol–water partition coefficient (Wildman–Crippen LogP) is 20.4. The molecule has 0 aliphatic heterocycles. The molecule has 4 atom stereocenters. The lowest BCUT2D eigenvalue weighted by atomic mass is 9.94. The molecule has 0 radical (unpaired) electrons. The van der Waals surface area contributed by atoms with Crippen molar-refractivity contribution in [3.8, 4) is 67.2 Å². The maximum atomic E-state index is 14.1. The normalized spacial score (nSPS) is 12.2. The number of nitrogens with one attached hydrogen (secondary N) is 3. The summed E-state index contributed by atoms with van der Waals surface area (Å²) in [6, 6.07) is 74.8. The summed E-state index contributed by atoms with van der Waals surface area (Å²) < 4.78 is 48.0. The number of nitrogens with zero attached hydrogens (tertiary/aromatic N) is 3. The van der Waals surface area contributed by atoms with Crippen LogP contribution in [0.25, 0.3) is 67.2 Å². The number of aliphatic carboxylic acids is 1. The van der Waals surface area contributed by atoms with Gasteiger partial charge in [-0.2, -0.15) is 0 Å². The van der Waals surface area contributed by atoms with Gasteiger partial charge in [0, 0.05) is 83.3 Å². The van der Waals surface area contributed by atoms with E-state index in [0.717, 1.165) is 56.3 Å². The van der Waals surface area contributed by atoms with Crippen LogP contribution in [-0.2, 0) is 38.8 Å². The molecule has 0 saturated carbocycles.